The first-order chi connectivity index (χ1) is 31.3. The number of carbonyl (C=O) groups excluding carboxylic acids is 4. The van der Waals surface area contributed by atoms with Crippen LogP contribution in [0, 0.1) is 5.92 Å². The molecule has 1 aromatic heterocycles. The fourth-order valence-corrected chi connectivity index (χ4v) is 11.2. The zero-order valence-corrected chi connectivity index (χ0v) is 37.6. The Morgan fingerprint density at radius 2 is 1.66 bits per heavy atom. The number of piperidine rings is 2. The Morgan fingerprint density at radius 3 is 2.34 bits per heavy atom. The number of ether oxygens (including phenoxy) is 2. The smallest absolute Gasteiger partial charge is 0.317 e. The van der Waals surface area contributed by atoms with E-state index >= 15 is 0 Å². The molecule has 3 aromatic rings. The monoisotopic (exact) mass is 898 g/mol. The molecule has 1 unspecified atom stereocenters. The van der Waals surface area contributed by atoms with Gasteiger partial charge in [-0.3, -0.25) is 29.4 Å². The maximum atomic E-state index is 13.4. The van der Waals surface area contributed by atoms with E-state index in [0.29, 0.717) is 61.0 Å². The molecule has 4 fully saturated rings. The van der Waals surface area contributed by atoms with E-state index in [0.717, 1.165) is 105 Å². The van der Waals surface area contributed by atoms with Crippen molar-refractivity contribution in [3.8, 4) is 22.6 Å². The van der Waals surface area contributed by atoms with E-state index in [1.807, 2.05) is 30.5 Å². The Morgan fingerprint density at radius 1 is 0.908 bits per heavy atom. The molecule has 348 valence electrons. The van der Waals surface area contributed by atoms with Crippen LogP contribution >= 0.6 is 0 Å². The molecule has 15 nitrogen and oxygen atoms in total. The van der Waals surface area contributed by atoms with Gasteiger partial charge < -0.3 is 39.0 Å². The van der Waals surface area contributed by atoms with Crippen molar-refractivity contribution in [1.29, 1.82) is 0 Å². The highest BCUT2D eigenvalue weighted by Crippen LogP contribution is 2.45. The number of carbonyl (C=O) groups is 4. The zero-order valence-electron chi connectivity index (χ0n) is 37.6. The number of nitrogens with one attached hydrogen (secondary N) is 2. The van der Waals surface area contributed by atoms with Crippen LogP contribution in [0.5, 0.6) is 11.5 Å². The van der Waals surface area contributed by atoms with E-state index in [1.165, 1.54) is 15.9 Å². The van der Waals surface area contributed by atoms with Crippen molar-refractivity contribution < 1.29 is 37.4 Å². The molecular formula is C48H60F2N8O7. The van der Waals surface area contributed by atoms with Crippen LogP contribution in [0.3, 0.4) is 0 Å². The largest absolute Gasteiger partial charge is 0.496 e. The van der Waals surface area contributed by atoms with Gasteiger partial charge in [0.05, 0.1) is 32.9 Å². The van der Waals surface area contributed by atoms with E-state index in [1.54, 1.807) is 26.2 Å². The number of aryl methyl sites for hydroxylation is 1. The minimum atomic E-state index is -2.66. The summed E-state index contributed by atoms with van der Waals surface area (Å²) in [5, 5.41) is 4.64. The molecule has 0 bridgehead atoms. The standard InChI is InChI=1S/C48H60F2N8O7/c1-53-26-36(34-12-18-56(27-37(34)45(53)61)47(63)51-24-42(49)50)32-21-40(64-2)38(41(22-32)65-3)28-57-20-19-54(29-48(57)13-4-14-48)15-9-30-10-16-55(17-11-30)33-6-5-31-25-58(46(62)35(31)23-33)39-7-8-43(59)52-44(39)60/h5-6,21-23,26,30,39,42H,4,7-20,24-25,27-29H2,1-3H3,(H,51,63)(H,52,59,60). The molecular weight excluding hydrogens is 839 g/mol. The van der Waals surface area contributed by atoms with Crippen molar-refractivity contribution >= 4 is 29.4 Å². The summed E-state index contributed by atoms with van der Waals surface area (Å²) in [6.07, 6.45) is 6.96. The summed E-state index contributed by atoms with van der Waals surface area (Å²) in [7, 11) is 5.01. The van der Waals surface area contributed by atoms with Gasteiger partial charge in [-0.25, -0.2) is 13.6 Å². The number of pyridine rings is 1. The fourth-order valence-electron chi connectivity index (χ4n) is 11.2. The van der Waals surface area contributed by atoms with Crippen molar-refractivity contribution in [2.45, 2.75) is 95.4 Å². The first-order valence-electron chi connectivity index (χ1n) is 23.1. The first kappa shape index (κ1) is 44.6. The number of rotatable bonds is 12. The maximum absolute atomic E-state index is 13.4. The third kappa shape index (κ3) is 8.80. The summed E-state index contributed by atoms with van der Waals surface area (Å²) < 4.78 is 39.3. The molecule has 1 aliphatic carbocycles. The highest BCUT2D eigenvalue weighted by molar-refractivity contribution is 6.05. The number of anilines is 1. The predicted octanol–water partition coefficient (Wildman–Crippen LogP) is 4.51. The number of methoxy groups -OCH3 is 2. The van der Waals surface area contributed by atoms with Gasteiger partial charge in [0.25, 0.3) is 17.9 Å². The van der Waals surface area contributed by atoms with E-state index in [2.05, 4.69) is 31.4 Å². The second-order valence-corrected chi connectivity index (χ2v) is 18.8. The average Bonchev–Trinajstić information content (AvgIpc) is 3.62. The van der Waals surface area contributed by atoms with Crippen molar-refractivity contribution in [3.63, 3.8) is 0 Å². The third-order valence-corrected chi connectivity index (χ3v) is 15.0. The first-order valence-corrected chi connectivity index (χ1v) is 23.1. The van der Waals surface area contributed by atoms with Gasteiger partial charge in [0, 0.05) is 99.9 Å². The topological polar surface area (TPSA) is 149 Å². The van der Waals surface area contributed by atoms with Crippen LogP contribution in [0.2, 0.25) is 0 Å². The van der Waals surface area contributed by atoms with Crippen LogP contribution in [0.25, 0.3) is 11.1 Å². The second-order valence-electron chi connectivity index (χ2n) is 18.8. The lowest BCUT2D eigenvalue weighted by Crippen LogP contribution is -2.65. The van der Waals surface area contributed by atoms with Crippen LogP contribution in [0.4, 0.5) is 19.3 Å². The number of aromatic nitrogens is 1. The number of alkyl halides is 2. The number of urea groups is 1. The molecule has 9 rings (SSSR count). The predicted molar refractivity (Wildman–Crippen MR) is 239 cm³/mol. The fraction of sp³-hybridized carbons (Fsp3) is 0.562. The lowest BCUT2D eigenvalue weighted by Gasteiger charge is -2.56. The number of piperazine rings is 1. The molecule has 5 amide bonds. The van der Waals surface area contributed by atoms with E-state index < -0.39 is 31.0 Å². The van der Waals surface area contributed by atoms with Gasteiger partial charge in [0.2, 0.25) is 11.8 Å². The molecule has 6 heterocycles. The molecule has 5 aliphatic heterocycles. The second kappa shape index (κ2) is 18.4. The summed E-state index contributed by atoms with van der Waals surface area (Å²) in [6.45, 7) is 6.50. The molecule has 17 heteroatoms. The molecule has 1 spiro atoms. The normalized spacial score (nSPS) is 21.4. The van der Waals surface area contributed by atoms with Crippen LogP contribution in [0.15, 0.2) is 41.3 Å². The molecule has 0 radical (unpaired) electrons. The number of hydrogen-bond donors (Lipinski definition) is 2. The minimum Gasteiger partial charge on any atom is -0.496 e. The number of nitrogens with zero attached hydrogens (tertiary/aromatic N) is 6. The van der Waals surface area contributed by atoms with Gasteiger partial charge in [-0.05, 0) is 105 Å². The Balaban J connectivity index is 0.813. The van der Waals surface area contributed by atoms with Crippen molar-refractivity contribution in [2.24, 2.45) is 13.0 Å². The van der Waals surface area contributed by atoms with Crippen LogP contribution in [-0.4, -0.2) is 133 Å². The lowest BCUT2D eigenvalue weighted by atomic mass is 9.73. The van der Waals surface area contributed by atoms with Gasteiger partial charge in [0.1, 0.15) is 17.5 Å². The number of imide groups is 1. The highest BCUT2D eigenvalue weighted by atomic mass is 19.3. The van der Waals surface area contributed by atoms with E-state index in [-0.39, 0.29) is 35.9 Å². The van der Waals surface area contributed by atoms with Gasteiger partial charge >= 0.3 is 6.03 Å². The number of fused-ring (bicyclic) bond motifs is 2. The number of amides is 5. The number of hydrogen-bond acceptors (Lipinski definition) is 10. The SMILES string of the molecule is COc1cc(-c2cn(C)c(=O)c3c2CCN(C(=O)NCC(F)F)C3)cc(OC)c1CN1CCN(CCC2CCN(c3ccc4c(c3)C(=O)N(C3CCC(=O)NC3=O)C4)CC2)CC12CCC2. The molecule has 6 aliphatic rings. The van der Waals surface area contributed by atoms with Crippen LogP contribution < -0.4 is 30.6 Å². The molecule has 2 N–H and O–H groups in total. The van der Waals surface area contributed by atoms with Crippen LogP contribution in [-0.2, 0) is 42.7 Å². The summed E-state index contributed by atoms with van der Waals surface area (Å²) in [5.41, 5.74) is 6.43. The summed E-state index contributed by atoms with van der Waals surface area (Å²) in [4.78, 5) is 74.3. The van der Waals surface area contributed by atoms with Crippen molar-refractivity contribution in [1.82, 2.24) is 34.8 Å². The van der Waals surface area contributed by atoms with E-state index in [4.69, 9.17) is 9.47 Å². The molecule has 2 aromatic carbocycles. The summed E-state index contributed by atoms with van der Waals surface area (Å²) in [6, 6.07) is 8.90. The number of benzene rings is 2. The Bertz CT molecular complexity index is 2390. The Kier molecular flexibility index (Phi) is 12.6. The van der Waals surface area contributed by atoms with Crippen molar-refractivity contribution in [3.05, 3.63) is 74.7 Å². The highest BCUT2D eigenvalue weighted by Gasteiger charge is 2.47. The van der Waals surface area contributed by atoms with Gasteiger partial charge in [0.15, 0.2) is 0 Å². The van der Waals surface area contributed by atoms with Gasteiger partial charge in [-0.15, -0.1) is 0 Å². The molecule has 3 saturated heterocycles. The average molecular weight is 899 g/mol. The lowest BCUT2D eigenvalue weighted by molar-refractivity contribution is -0.136. The van der Waals surface area contributed by atoms with Gasteiger partial charge in [-0.1, -0.05) is 6.07 Å². The van der Waals surface area contributed by atoms with E-state index in [9.17, 15) is 32.8 Å². The maximum Gasteiger partial charge on any atom is 0.317 e. The van der Waals surface area contributed by atoms with Crippen LogP contribution in [0.1, 0.15) is 84.0 Å². The Labute approximate surface area is 378 Å². The third-order valence-electron chi connectivity index (χ3n) is 15.0. The summed E-state index contributed by atoms with van der Waals surface area (Å²) in [5.74, 6) is 1.22. The summed E-state index contributed by atoms with van der Waals surface area (Å²) >= 11 is 0. The Hall–Kier alpha value is -5.55. The minimum absolute atomic E-state index is 0.0294. The van der Waals surface area contributed by atoms with Crippen molar-refractivity contribution in [2.75, 3.05) is 71.5 Å². The number of halogens is 2. The van der Waals surface area contributed by atoms with Gasteiger partial charge in [-0.2, -0.15) is 0 Å². The quantitative estimate of drug-likeness (QED) is 0.249. The molecule has 1 saturated carbocycles. The zero-order chi connectivity index (χ0) is 45.6. The molecule has 1 atom stereocenters. The molecule has 65 heavy (non-hydrogen) atoms.